The minimum absolute atomic E-state index is 0.311. The summed E-state index contributed by atoms with van der Waals surface area (Å²) in [6.07, 6.45) is 2.61. The molecule has 0 fully saturated rings. The van der Waals surface area contributed by atoms with Crippen LogP contribution in [0.15, 0.2) is 60.8 Å². The molecule has 0 saturated heterocycles. The van der Waals surface area contributed by atoms with Gasteiger partial charge in [-0.25, -0.2) is 9.37 Å². The molecule has 1 N–H and O–H groups in total. The lowest BCUT2D eigenvalue weighted by Gasteiger charge is -2.11. The van der Waals surface area contributed by atoms with Crippen LogP contribution < -0.4 is 10.1 Å². The summed E-state index contributed by atoms with van der Waals surface area (Å²) >= 11 is 0. The summed E-state index contributed by atoms with van der Waals surface area (Å²) in [6, 6.07) is 15.5. The average molecular weight is 367 g/mol. The number of rotatable bonds is 9. The molecule has 0 bridgehead atoms. The van der Waals surface area contributed by atoms with Crippen LogP contribution in [-0.2, 0) is 17.9 Å². The van der Waals surface area contributed by atoms with Crippen molar-refractivity contribution in [3.63, 3.8) is 0 Å². The van der Waals surface area contributed by atoms with E-state index in [2.05, 4.69) is 34.3 Å². The van der Waals surface area contributed by atoms with Crippen molar-refractivity contribution in [3.8, 4) is 11.6 Å². The molecule has 5 nitrogen and oxygen atoms in total. The van der Waals surface area contributed by atoms with Crippen LogP contribution >= 0.6 is 0 Å². The summed E-state index contributed by atoms with van der Waals surface area (Å²) in [6.45, 7) is 3.99. The molecular weight excluding hydrogens is 345 g/mol. The molecule has 0 aliphatic heterocycles. The SMILES string of the molecule is CCCOCc1ccccc1CNc1nccc(Oc2ccc(F)cc2)n1. The molecule has 2 aromatic carbocycles. The molecule has 0 aliphatic carbocycles. The average Bonchev–Trinajstić information content (AvgIpc) is 2.69. The van der Waals surface area contributed by atoms with Gasteiger partial charge in [0.2, 0.25) is 11.8 Å². The fourth-order valence-electron chi connectivity index (χ4n) is 2.48. The van der Waals surface area contributed by atoms with Crippen molar-refractivity contribution >= 4 is 5.95 Å². The van der Waals surface area contributed by atoms with Gasteiger partial charge in [-0.2, -0.15) is 4.98 Å². The first kappa shape index (κ1) is 18.8. The summed E-state index contributed by atoms with van der Waals surface area (Å²) in [5.41, 5.74) is 2.26. The number of hydrogen-bond donors (Lipinski definition) is 1. The molecule has 27 heavy (non-hydrogen) atoms. The van der Waals surface area contributed by atoms with Crippen LogP contribution in [0, 0.1) is 5.82 Å². The minimum atomic E-state index is -0.311. The van der Waals surface area contributed by atoms with E-state index in [4.69, 9.17) is 9.47 Å². The van der Waals surface area contributed by atoms with Gasteiger partial charge in [0, 0.05) is 25.4 Å². The van der Waals surface area contributed by atoms with E-state index >= 15 is 0 Å². The Labute approximate surface area is 158 Å². The first-order chi connectivity index (χ1) is 13.2. The lowest BCUT2D eigenvalue weighted by molar-refractivity contribution is 0.121. The molecule has 0 saturated carbocycles. The lowest BCUT2D eigenvalue weighted by atomic mass is 10.1. The number of nitrogens with one attached hydrogen (secondary N) is 1. The van der Waals surface area contributed by atoms with Crippen molar-refractivity contribution in [1.29, 1.82) is 0 Å². The third kappa shape index (κ3) is 5.76. The zero-order valence-corrected chi connectivity index (χ0v) is 15.2. The Morgan fingerprint density at radius 3 is 2.56 bits per heavy atom. The second-order valence-corrected chi connectivity index (χ2v) is 5.95. The number of halogens is 1. The smallest absolute Gasteiger partial charge is 0.226 e. The fourth-order valence-corrected chi connectivity index (χ4v) is 2.48. The standard InChI is InChI=1S/C21H22FN3O2/c1-2-13-26-15-17-6-4-3-5-16(17)14-24-21-23-12-11-20(25-21)27-19-9-7-18(22)8-10-19/h3-12H,2,13-15H2,1H3,(H,23,24,25). The highest BCUT2D eigenvalue weighted by atomic mass is 19.1. The van der Waals surface area contributed by atoms with Gasteiger partial charge in [0.05, 0.1) is 6.61 Å². The van der Waals surface area contributed by atoms with E-state index in [1.165, 1.54) is 12.1 Å². The van der Waals surface area contributed by atoms with Gasteiger partial charge in [0.15, 0.2) is 0 Å². The third-order valence-electron chi connectivity index (χ3n) is 3.83. The molecule has 3 aromatic rings. The number of anilines is 1. The molecule has 1 heterocycles. The maximum absolute atomic E-state index is 13.0. The monoisotopic (exact) mass is 367 g/mol. The Kier molecular flexibility index (Phi) is 6.71. The molecule has 0 aliphatic rings. The molecule has 3 rings (SSSR count). The predicted molar refractivity (Wildman–Crippen MR) is 102 cm³/mol. The first-order valence-electron chi connectivity index (χ1n) is 8.89. The Hall–Kier alpha value is -2.99. The van der Waals surface area contributed by atoms with Gasteiger partial charge in [-0.15, -0.1) is 0 Å². The van der Waals surface area contributed by atoms with E-state index in [0.29, 0.717) is 30.7 Å². The van der Waals surface area contributed by atoms with Crippen molar-refractivity contribution in [2.45, 2.75) is 26.5 Å². The summed E-state index contributed by atoms with van der Waals surface area (Å²) in [5, 5.41) is 3.21. The zero-order valence-electron chi connectivity index (χ0n) is 15.2. The van der Waals surface area contributed by atoms with Crippen LogP contribution in [0.25, 0.3) is 0 Å². The van der Waals surface area contributed by atoms with Crippen molar-refractivity contribution in [1.82, 2.24) is 9.97 Å². The molecule has 6 heteroatoms. The number of ether oxygens (including phenoxy) is 2. The fraction of sp³-hybridized carbons (Fsp3) is 0.238. The summed E-state index contributed by atoms with van der Waals surface area (Å²) in [7, 11) is 0. The normalized spacial score (nSPS) is 10.6. The molecular formula is C21H22FN3O2. The van der Waals surface area contributed by atoms with Gasteiger partial charge in [0.1, 0.15) is 11.6 Å². The first-order valence-corrected chi connectivity index (χ1v) is 8.89. The highest BCUT2D eigenvalue weighted by Crippen LogP contribution is 2.20. The largest absolute Gasteiger partial charge is 0.439 e. The van der Waals surface area contributed by atoms with Gasteiger partial charge < -0.3 is 14.8 Å². The number of benzene rings is 2. The Morgan fingerprint density at radius 2 is 1.78 bits per heavy atom. The van der Waals surface area contributed by atoms with E-state index in [1.54, 1.807) is 24.4 Å². The summed E-state index contributed by atoms with van der Waals surface area (Å²) in [5.74, 6) is 1.05. The maximum atomic E-state index is 13.0. The topological polar surface area (TPSA) is 56.3 Å². The van der Waals surface area contributed by atoms with E-state index in [0.717, 1.165) is 24.2 Å². The van der Waals surface area contributed by atoms with Gasteiger partial charge in [-0.05, 0) is 41.8 Å². The second kappa shape index (κ2) is 9.64. The van der Waals surface area contributed by atoms with Crippen molar-refractivity contribution in [2.75, 3.05) is 11.9 Å². The van der Waals surface area contributed by atoms with Crippen LogP contribution in [0.1, 0.15) is 24.5 Å². The predicted octanol–water partition coefficient (Wildman–Crippen LogP) is 4.95. The highest BCUT2D eigenvalue weighted by Gasteiger charge is 2.05. The van der Waals surface area contributed by atoms with Gasteiger partial charge >= 0.3 is 0 Å². The van der Waals surface area contributed by atoms with E-state index in [-0.39, 0.29) is 5.82 Å². The maximum Gasteiger partial charge on any atom is 0.226 e. The van der Waals surface area contributed by atoms with Crippen LogP contribution in [-0.4, -0.2) is 16.6 Å². The summed E-state index contributed by atoms with van der Waals surface area (Å²) in [4.78, 5) is 8.56. The van der Waals surface area contributed by atoms with Crippen molar-refractivity contribution in [3.05, 3.63) is 77.7 Å². The van der Waals surface area contributed by atoms with Crippen molar-refractivity contribution < 1.29 is 13.9 Å². The molecule has 0 amide bonds. The summed E-state index contributed by atoms with van der Waals surface area (Å²) < 4.78 is 24.3. The zero-order chi connectivity index (χ0) is 18.9. The Morgan fingerprint density at radius 1 is 1.00 bits per heavy atom. The van der Waals surface area contributed by atoms with Crippen molar-refractivity contribution in [2.24, 2.45) is 0 Å². The van der Waals surface area contributed by atoms with Crippen LogP contribution in [0.2, 0.25) is 0 Å². The van der Waals surface area contributed by atoms with E-state index in [1.807, 2.05) is 12.1 Å². The van der Waals surface area contributed by atoms with Gasteiger partial charge in [0.25, 0.3) is 0 Å². The molecule has 0 atom stereocenters. The number of hydrogen-bond acceptors (Lipinski definition) is 5. The Bertz CT molecular complexity index is 856. The van der Waals surface area contributed by atoms with Crippen LogP contribution in [0.5, 0.6) is 11.6 Å². The van der Waals surface area contributed by atoms with Gasteiger partial charge in [-0.3, -0.25) is 0 Å². The molecule has 0 unspecified atom stereocenters. The van der Waals surface area contributed by atoms with Crippen LogP contribution in [0.4, 0.5) is 10.3 Å². The van der Waals surface area contributed by atoms with Gasteiger partial charge in [-0.1, -0.05) is 31.2 Å². The molecule has 0 radical (unpaired) electrons. The van der Waals surface area contributed by atoms with E-state index < -0.39 is 0 Å². The molecule has 140 valence electrons. The molecule has 1 aromatic heterocycles. The van der Waals surface area contributed by atoms with Crippen LogP contribution in [0.3, 0.4) is 0 Å². The minimum Gasteiger partial charge on any atom is -0.439 e. The third-order valence-corrected chi connectivity index (χ3v) is 3.83. The quantitative estimate of drug-likeness (QED) is 0.543. The Balaban J connectivity index is 1.62. The highest BCUT2D eigenvalue weighted by molar-refractivity contribution is 5.34. The van der Waals surface area contributed by atoms with E-state index in [9.17, 15) is 4.39 Å². The number of aromatic nitrogens is 2. The number of nitrogens with zero attached hydrogens (tertiary/aromatic N) is 2. The second-order valence-electron chi connectivity index (χ2n) is 5.95. The molecule has 0 spiro atoms. The lowest BCUT2D eigenvalue weighted by Crippen LogP contribution is -2.07.